The van der Waals surface area contributed by atoms with E-state index >= 15 is 0 Å². The van der Waals surface area contributed by atoms with Gasteiger partial charge >= 0.3 is 0 Å². The van der Waals surface area contributed by atoms with Gasteiger partial charge in [-0.15, -0.1) is 0 Å². The molecular formula is C18H23N3O5. The Balaban J connectivity index is 1.63. The summed E-state index contributed by atoms with van der Waals surface area (Å²) in [6.45, 7) is 1.22. The lowest BCUT2D eigenvalue weighted by Crippen LogP contribution is -2.35. The number of hydrogen-bond donors (Lipinski definition) is 2. The largest absolute Gasteiger partial charge is 0.384 e. The van der Waals surface area contributed by atoms with Gasteiger partial charge < -0.3 is 15.4 Å². The summed E-state index contributed by atoms with van der Waals surface area (Å²) in [6, 6.07) is 6.69. The average molecular weight is 361 g/mol. The topological polar surface area (TPSA) is 105 Å². The predicted molar refractivity (Wildman–Crippen MR) is 93.6 cm³/mol. The van der Waals surface area contributed by atoms with Crippen molar-refractivity contribution in [2.75, 3.05) is 33.4 Å². The molecule has 0 unspecified atom stereocenters. The first-order valence-electron chi connectivity index (χ1n) is 8.52. The molecule has 1 aromatic rings. The van der Waals surface area contributed by atoms with Crippen molar-refractivity contribution in [2.45, 2.75) is 19.3 Å². The Morgan fingerprint density at radius 2 is 1.50 bits per heavy atom. The van der Waals surface area contributed by atoms with Gasteiger partial charge in [0.1, 0.15) is 0 Å². The first-order chi connectivity index (χ1) is 12.5. The maximum Gasteiger partial charge on any atom is 0.261 e. The van der Waals surface area contributed by atoms with Crippen LogP contribution in [-0.2, 0) is 14.3 Å². The number of hydrogen-bond acceptors (Lipinski definition) is 5. The minimum atomic E-state index is -0.315. The van der Waals surface area contributed by atoms with E-state index in [0.29, 0.717) is 37.2 Å². The number of carbonyl (C=O) groups is 4. The Kier molecular flexibility index (Phi) is 7.28. The second kappa shape index (κ2) is 9.67. The van der Waals surface area contributed by atoms with Crippen molar-refractivity contribution in [1.82, 2.24) is 15.5 Å². The Morgan fingerprint density at radius 3 is 2.04 bits per heavy atom. The second-order valence-electron chi connectivity index (χ2n) is 5.85. The number of imide groups is 1. The van der Waals surface area contributed by atoms with E-state index in [1.807, 2.05) is 0 Å². The van der Waals surface area contributed by atoms with Gasteiger partial charge in [-0.1, -0.05) is 12.1 Å². The van der Waals surface area contributed by atoms with Crippen LogP contribution >= 0.6 is 0 Å². The maximum absolute atomic E-state index is 12.2. The monoisotopic (exact) mass is 361 g/mol. The molecule has 140 valence electrons. The Morgan fingerprint density at radius 1 is 0.962 bits per heavy atom. The van der Waals surface area contributed by atoms with E-state index in [9.17, 15) is 19.2 Å². The summed E-state index contributed by atoms with van der Waals surface area (Å²) in [6.07, 6.45) is 0.868. The average Bonchev–Trinajstić information content (AvgIpc) is 2.88. The third kappa shape index (κ3) is 5.13. The standard InChI is InChI=1S/C18H23N3O5/c1-26-12-8-16(23)20-10-9-19-15(22)7-4-11-21-17(24)13-5-2-3-6-14(13)18(21)25/h2-3,5-6H,4,7-12H2,1H3,(H,19,22)(H,20,23). The molecular weight excluding hydrogens is 338 g/mol. The molecule has 0 spiro atoms. The molecule has 0 saturated heterocycles. The highest BCUT2D eigenvalue weighted by atomic mass is 16.5. The summed E-state index contributed by atoms with van der Waals surface area (Å²) >= 11 is 0. The van der Waals surface area contributed by atoms with Crippen LogP contribution in [0.5, 0.6) is 0 Å². The summed E-state index contributed by atoms with van der Waals surface area (Å²) in [5, 5.41) is 5.35. The molecule has 0 bridgehead atoms. The molecule has 8 nitrogen and oxygen atoms in total. The molecule has 0 fully saturated rings. The van der Waals surface area contributed by atoms with Crippen molar-refractivity contribution in [3.05, 3.63) is 35.4 Å². The molecule has 4 amide bonds. The van der Waals surface area contributed by atoms with Gasteiger partial charge in [-0.05, 0) is 18.6 Å². The summed E-state index contributed by atoms with van der Waals surface area (Å²) in [5.41, 5.74) is 0.817. The van der Waals surface area contributed by atoms with Crippen LogP contribution in [-0.4, -0.2) is 61.9 Å². The van der Waals surface area contributed by atoms with Gasteiger partial charge in [0.2, 0.25) is 11.8 Å². The Labute approximate surface area is 151 Å². The lowest BCUT2D eigenvalue weighted by atomic mass is 10.1. The maximum atomic E-state index is 12.2. The van der Waals surface area contributed by atoms with E-state index in [1.54, 1.807) is 24.3 Å². The fourth-order valence-corrected chi connectivity index (χ4v) is 2.62. The van der Waals surface area contributed by atoms with E-state index in [2.05, 4.69) is 10.6 Å². The molecule has 0 saturated carbocycles. The number of benzene rings is 1. The first-order valence-corrected chi connectivity index (χ1v) is 8.52. The van der Waals surface area contributed by atoms with Gasteiger partial charge in [0.25, 0.3) is 11.8 Å². The summed E-state index contributed by atoms with van der Waals surface area (Å²) in [4.78, 5) is 48.7. The fourth-order valence-electron chi connectivity index (χ4n) is 2.62. The number of nitrogens with zero attached hydrogens (tertiary/aromatic N) is 1. The van der Waals surface area contributed by atoms with Gasteiger partial charge in [-0.3, -0.25) is 24.1 Å². The van der Waals surface area contributed by atoms with E-state index in [4.69, 9.17) is 4.74 Å². The van der Waals surface area contributed by atoms with Crippen molar-refractivity contribution in [3.63, 3.8) is 0 Å². The molecule has 26 heavy (non-hydrogen) atoms. The number of nitrogens with one attached hydrogen (secondary N) is 2. The van der Waals surface area contributed by atoms with Gasteiger partial charge in [-0.2, -0.15) is 0 Å². The zero-order valence-corrected chi connectivity index (χ0v) is 14.7. The van der Waals surface area contributed by atoms with Crippen LogP contribution in [0.3, 0.4) is 0 Å². The fraction of sp³-hybridized carbons (Fsp3) is 0.444. The number of rotatable bonds is 10. The predicted octanol–water partition coefficient (Wildman–Crippen LogP) is 0.332. The van der Waals surface area contributed by atoms with Crippen LogP contribution in [0.2, 0.25) is 0 Å². The summed E-state index contributed by atoms with van der Waals surface area (Å²) in [7, 11) is 1.52. The van der Waals surface area contributed by atoms with Crippen molar-refractivity contribution in [2.24, 2.45) is 0 Å². The van der Waals surface area contributed by atoms with E-state index in [1.165, 1.54) is 12.0 Å². The lowest BCUT2D eigenvalue weighted by molar-refractivity contribution is -0.123. The molecule has 0 atom stereocenters. The number of carbonyl (C=O) groups excluding carboxylic acids is 4. The highest BCUT2D eigenvalue weighted by molar-refractivity contribution is 6.21. The number of fused-ring (bicyclic) bond motifs is 1. The molecule has 1 aliphatic rings. The van der Waals surface area contributed by atoms with Crippen LogP contribution in [0.1, 0.15) is 40.0 Å². The smallest absolute Gasteiger partial charge is 0.261 e. The SMILES string of the molecule is COCCC(=O)NCCNC(=O)CCCN1C(=O)c2ccccc2C1=O. The number of amides is 4. The lowest BCUT2D eigenvalue weighted by Gasteiger charge is -2.13. The molecule has 1 aromatic carbocycles. The molecule has 8 heteroatoms. The molecule has 1 aliphatic heterocycles. The summed E-state index contributed by atoms with van der Waals surface area (Å²) < 4.78 is 4.80. The Bertz CT molecular complexity index is 654. The highest BCUT2D eigenvalue weighted by Crippen LogP contribution is 2.22. The zero-order chi connectivity index (χ0) is 18.9. The van der Waals surface area contributed by atoms with Crippen molar-refractivity contribution >= 4 is 23.6 Å². The van der Waals surface area contributed by atoms with Crippen LogP contribution < -0.4 is 10.6 Å². The highest BCUT2D eigenvalue weighted by Gasteiger charge is 2.34. The normalized spacial score (nSPS) is 12.9. The second-order valence-corrected chi connectivity index (χ2v) is 5.85. The number of ether oxygens (including phenoxy) is 1. The Hall–Kier alpha value is -2.74. The van der Waals surface area contributed by atoms with Crippen molar-refractivity contribution in [1.29, 1.82) is 0 Å². The van der Waals surface area contributed by atoms with Crippen LogP contribution in [0, 0.1) is 0 Å². The van der Waals surface area contributed by atoms with Crippen molar-refractivity contribution < 1.29 is 23.9 Å². The third-order valence-corrected chi connectivity index (χ3v) is 3.97. The molecule has 1 heterocycles. The molecule has 0 aliphatic carbocycles. The minimum absolute atomic E-state index is 0.133. The first kappa shape index (κ1) is 19.6. The quantitative estimate of drug-likeness (QED) is 0.462. The molecule has 0 radical (unpaired) electrons. The van der Waals surface area contributed by atoms with Crippen LogP contribution in [0.25, 0.3) is 0 Å². The van der Waals surface area contributed by atoms with Crippen LogP contribution in [0.4, 0.5) is 0 Å². The zero-order valence-electron chi connectivity index (χ0n) is 14.7. The van der Waals surface area contributed by atoms with Gasteiger partial charge in [0.15, 0.2) is 0 Å². The molecule has 2 N–H and O–H groups in total. The van der Waals surface area contributed by atoms with Gasteiger partial charge in [0, 0.05) is 39.6 Å². The van der Waals surface area contributed by atoms with Crippen LogP contribution in [0.15, 0.2) is 24.3 Å². The number of methoxy groups -OCH3 is 1. The third-order valence-electron chi connectivity index (χ3n) is 3.97. The van der Waals surface area contributed by atoms with Gasteiger partial charge in [0.05, 0.1) is 17.7 Å². The van der Waals surface area contributed by atoms with Gasteiger partial charge in [-0.25, -0.2) is 0 Å². The summed E-state index contributed by atoms with van der Waals surface area (Å²) in [5.74, 6) is -0.950. The van der Waals surface area contributed by atoms with E-state index in [0.717, 1.165) is 0 Å². The molecule has 0 aromatic heterocycles. The van der Waals surface area contributed by atoms with E-state index in [-0.39, 0.29) is 43.0 Å². The minimum Gasteiger partial charge on any atom is -0.384 e. The van der Waals surface area contributed by atoms with E-state index < -0.39 is 0 Å². The van der Waals surface area contributed by atoms with Crippen molar-refractivity contribution in [3.8, 4) is 0 Å². The molecule has 2 rings (SSSR count).